The molecule has 0 atom stereocenters. The van der Waals surface area contributed by atoms with Crippen molar-refractivity contribution in [3.8, 4) is 0 Å². The maximum atomic E-state index is 13.8. The SMILES string of the molecule is CNCC(=O)Nc1ccc(F)c(NC(=O)CCN2CCOCC2)c1. The van der Waals surface area contributed by atoms with Gasteiger partial charge in [0.15, 0.2) is 0 Å². The van der Waals surface area contributed by atoms with Gasteiger partial charge in [-0.05, 0) is 25.2 Å². The van der Waals surface area contributed by atoms with Crippen molar-refractivity contribution >= 4 is 23.2 Å². The first kappa shape index (κ1) is 18.3. The number of amides is 2. The maximum absolute atomic E-state index is 13.8. The normalized spacial score (nSPS) is 15.1. The van der Waals surface area contributed by atoms with Crippen LogP contribution in [0.4, 0.5) is 15.8 Å². The number of anilines is 2. The van der Waals surface area contributed by atoms with E-state index in [0.717, 1.165) is 13.1 Å². The number of nitrogens with zero attached hydrogens (tertiary/aromatic N) is 1. The Morgan fingerprint density at radius 1 is 1.21 bits per heavy atom. The zero-order chi connectivity index (χ0) is 17.4. The van der Waals surface area contributed by atoms with Gasteiger partial charge in [0.25, 0.3) is 0 Å². The highest BCUT2D eigenvalue weighted by Crippen LogP contribution is 2.20. The Hall–Kier alpha value is -2.03. The van der Waals surface area contributed by atoms with Crippen LogP contribution in [0.5, 0.6) is 0 Å². The number of ether oxygens (including phenoxy) is 1. The largest absolute Gasteiger partial charge is 0.379 e. The summed E-state index contributed by atoms with van der Waals surface area (Å²) in [5, 5.41) is 7.91. The molecule has 0 unspecified atom stereocenters. The number of benzene rings is 1. The molecule has 8 heteroatoms. The van der Waals surface area contributed by atoms with E-state index in [1.165, 1.54) is 18.2 Å². The van der Waals surface area contributed by atoms with Crippen molar-refractivity contribution in [1.82, 2.24) is 10.2 Å². The smallest absolute Gasteiger partial charge is 0.238 e. The Bertz CT molecular complexity index is 576. The third kappa shape index (κ3) is 5.88. The molecule has 1 aliphatic rings. The van der Waals surface area contributed by atoms with Gasteiger partial charge in [-0.1, -0.05) is 0 Å². The molecule has 1 aliphatic heterocycles. The summed E-state index contributed by atoms with van der Waals surface area (Å²) in [5.41, 5.74) is 0.490. The van der Waals surface area contributed by atoms with E-state index in [2.05, 4.69) is 20.9 Å². The van der Waals surface area contributed by atoms with Crippen LogP contribution in [0.3, 0.4) is 0 Å². The molecular formula is C16H23FN4O3. The zero-order valence-electron chi connectivity index (χ0n) is 13.7. The first-order chi connectivity index (χ1) is 11.6. The average molecular weight is 338 g/mol. The van der Waals surface area contributed by atoms with E-state index in [4.69, 9.17) is 4.74 Å². The van der Waals surface area contributed by atoms with E-state index < -0.39 is 5.82 Å². The van der Waals surface area contributed by atoms with Gasteiger partial charge in [-0.15, -0.1) is 0 Å². The molecule has 7 nitrogen and oxygen atoms in total. The number of hydrogen-bond donors (Lipinski definition) is 3. The molecule has 1 aromatic rings. The fraction of sp³-hybridized carbons (Fsp3) is 0.500. The summed E-state index contributed by atoms with van der Waals surface area (Å²) in [5.74, 6) is -1.05. The molecule has 2 amide bonds. The highest BCUT2D eigenvalue weighted by atomic mass is 19.1. The van der Waals surface area contributed by atoms with E-state index in [-0.39, 0.29) is 30.5 Å². The second kappa shape index (κ2) is 9.31. The number of morpholine rings is 1. The van der Waals surface area contributed by atoms with Crippen molar-refractivity contribution in [2.45, 2.75) is 6.42 Å². The lowest BCUT2D eigenvalue weighted by Gasteiger charge is -2.26. The van der Waals surface area contributed by atoms with E-state index in [0.29, 0.717) is 25.4 Å². The molecule has 132 valence electrons. The summed E-state index contributed by atoms with van der Waals surface area (Å²) in [4.78, 5) is 25.7. The number of hydrogen-bond acceptors (Lipinski definition) is 5. The predicted octanol–water partition coefficient (Wildman–Crippen LogP) is 0.644. The van der Waals surface area contributed by atoms with Gasteiger partial charge in [-0.3, -0.25) is 14.5 Å². The fourth-order valence-electron chi connectivity index (χ4n) is 2.36. The molecule has 24 heavy (non-hydrogen) atoms. The van der Waals surface area contributed by atoms with Gasteiger partial charge >= 0.3 is 0 Å². The van der Waals surface area contributed by atoms with Gasteiger partial charge in [-0.2, -0.15) is 0 Å². The minimum atomic E-state index is -0.540. The van der Waals surface area contributed by atoms with Crippen molar-refractivity contribution in [3.63, 3.8) is 0 Å². The van der Waals surface area contributed by atoms with Crippen molar-refractivity contribution in [2.75, 3.05) is 57.1 Å². The van der Waals surface area contributed by atoms with Gasteiger partial charge in [-0.25, -0.2) is 4.39 Å². The van der Waals surface area contributed by atoms with Crippen LogP contribution < -0.4 is 16.0 Å². The molecule has 3 N–H and O–H groups in total. The molecule has 0 radical (unpaired) electrons. The number of nitrogens with one attached hydrogen (secondary N) is 3. The fourth-order valence-corrected chi connectivity index (χ4v) is 2.36. The zero-order valence-corrected chi connectivity index (χ0v) is 13.7. The Morgan fingerprint density at radius 2 is 1.96 bits per heavy atom. The highest BCUT2D eigenvalue weighted by molar-refractivity contribution is 5.95. The number of rotatable bonds is 7. The third-order valence-electron chi connectivity index (χ3n) is 3.62. The number of carbonyl (C=O) groups is 2. The van der Waals surface area contributed by atoms with E-state index in [9.17, 15) is 14.0 Å². The van der Waals surface area contributed by atoms with Crippen LogP contribution in [0.2, 0.25) is 0 Å². The van der Waals surface area contributed by atoms with Crippen LogP contribution in [-0.4, -0.2) is 63.2 Å². The topological polar surface area (TPSA) is 82.7 Å². The van der Waals surface area contributed by atoms with Crippen LogP contribution in [0.1, 0.15) is 6.42 Å². The lowest BCUT2D eigenvalue weighted by Crippen LogP contribution is -2.38. The molecule has 0 spiro atoms. The van der Waals surface area contributed by atoms with Crippen LogP contribution in [0, 0.1) is 5.82 Å². The Kier molecular flexibility index (Phi) is 7.10. The van der Waals surface area contributed by atoms with Crippen LogP contribution >= 0.6 is 0 Å². The van der Waals surface area contributed by atoms with Crippen molar-refractivity contribution in [2.24, 2.45) is 0 Å². The van der Waals surface area contributed by atoms with Crippen molar-refractivity contribution < 1.29 is 18.7 Å². The van der Waals surface area contributed by atoms with Crippen LogP contribution in [0.15, 0.2) is 18.2 Å². The lowest BCUT2D eigenvalue weighted by atomic mass is 10.2. The number of carbonyl (C=O) groups excluding carboxylic acids is 2. The van der Waals surface area contributed by atoms with Gasteiger partial charge in [0.1, 0.15) is 5.82 Å². The Morgan fingerprint density at radius 3 is 2.67 bits per heavy atom. The summed E-state index contributed by atoms with van der Waals surface area (Å²) >= 11 is 0. The Balaban J connectivity index is 1.87. The van der Waals surface area contributed by atoms with Crippen molar-refractivity contribution in [1.29, 1.82) is 0 Å². The molecule has 1 heterocycles. The number of likely N-dealkylation sites (N-methyl/N-ethyl adjacent to an activating group) is 1. The monoisotopic (exact) mass is 338 g/mol. The molecule has 0 aromatic heterocycles. The molecule has 0 bridgehead atoms. The average Bonchev–Trinajstić information content (AvgIpc) is 2.57. The van der Waals surface area contributed by atoms with E-state index in [1.54, 1.807) is 7.05 Å². The molecule has 0 saturated carbocycles. The second-order valence-electron chi connectivity index (χ2n) is 5.53. The van der Waals surface area contributed by atoms with Gasteiger partial charge in [0.05, 0.1) is 25.4 Å². The predicted molar refractivity (Wildman–Crippen MR) is 89.5 cm³/mol. The summed E-state index contributed by atoms with van der Waals surface area (Å²) < 4.78 is 19.1. The maximum Gasteiger partial charge on any atom is 0.238 e. The van der Waals surface area contributed by atoms with Gasteiger partial charge < -0.3 is 20.7 Å². The summed E-state index contributed by atoms with van der Waals surface area (Å²) in [6.07, 6.45) is 0.274. The summed E-state index contributed by atoms with van der Waals surface area (Å²) in [6, 6.07) is 4.08. The minimum Gasteiger partial charge on any atom is -0.379 e. The third-order valence-corrected chi connectivity index (χ3v) is 3.62. The van der Waals surface area contributed by atoms with Crippen LogP contribution in [0.25, 0.3) is 0 Å². The minimum absolute atomic E-state index is 0.0595. The molecule has 1 saturated heterocycles. The summed E-state index contributed by atoms with van der Waals surface area (Å²) in [7, 11) is 1.66. The first-order valence-corrected chi connectivity index (χ1v) is 7.92. The quantitative estimate of drug-likeness (QED) is 0.680. The van der Waals surface area contributed by atoms with E-state index in [1.807, 2.05) is 0 Å². The van der Waals surface area contributed by atoms with Gasteiger partial charge in [0, 0.05) is 31.7 Å². The highest BCUT2D eigenvalue weighted by Gasteiger charge is 2.13. The van der Waals surface area contributed by atoms with Gasteiger partial charge in [0.2, 0.25) is 11.8 Å². The van der Waals surface area contributed by atoms with E-state index >= 15 is 0 Å². The lowest BCUT2D eigenvalue weighted by molar-refractivity contribution is -0.117. The standard InChI is InChI=1S/C16H23FN4O3/c1-18-11-16(23)19-12-2-3-13(17)14(10-12)20-15(22)4-5-21-6-8-24-9-7-21/h2-3,10,18H,4-9,11H2,1H3,(H,19,23)(H,20,22). The number of halogens is 1. The molecule has 1 fully saturated rings. The molecular weight excluding hydrogens is 315 g/mol. The Labute approximate surface area is 140 Å². The molecule has 0 aliphatic carbocycles. The van der Waals surface area contributed by atoms with Crippen LogP contribution in [-0.2, 0) is 14.3 Å². The first-order valence-electron chi connectivity index (χ1n) is 7.92. The summed E-state index contributed by atoms with van der Waals surface area (Å²) in [6.45, 7) is 3.70. The second-order valence-corrected chi connectivity index (χ2v) is 5.53. The molecule has 2 rings (SSSR count). The van der Waals surface area contributed by atoms with Crippen molar-refractivity contribution in [3.05, 3.63) is 24.0 Å². The molecule has 1 aromatic carbocycles.